The topological polar surface area (TPSA) is 88.1 Å². The summed E-state index contributed by atoms with van der Waals surface area (Å²) in [4.78, 5) is 40.8. The normalized spacial score (nSPS) is 30.5. The monoisotopic (exact) mass is 843 g/mol. The van der Waals surface area contributed by atoms with Crippen LogP contribution in [0.4, 0.5) is 0 Å². The summed E-state index contributed by atoms with van der Waals surface area (Å²) in [6.07, 6.45) is 10.3. The van der Waals surface area contributed by atoms with Crippen LogP contribution in [0.2, 0.25) is 5.04 Å². The smallest absolute Gasteiger partial charge is 0.312 e. The molecule has 2 aromatic rings. The first-order chi connectivity index (χ1) is 28.0. The highest BCUT2D eigenvalue weighted by Crippen LogP contribution is 2.68. The van der Waals surface area contributed by atoms with Crippen LogP contribution in [0.1, 0.15) is 154 Å². The molecule has 60 heavy (non-hydrogen) atoms. The molecular weight excluding hydrogens is 765 g/mol. The summed E-state index contributed by atoms with van der Waals surface area (Å²) < 4.78 is 25.3. The molecule has 0 amide bonds. The van der Waals surface area contributed by atoms with Crippen LogP contribution in [0.3, 0.4) is 0 Å². The number of hydrogen-bond acceptors (Lipinski definition) is 7. The lowest BCUT2D eigenvalue weighted by Gasteiger charge is -2.61. The third-order valence-electron chi connectivity index (χ3n) is 15.7. The van der Waals surface area contributed by atoms with Crippen molar-refractivity contribution in [3.8, 4) is 0 Å². The number of ether oxygens (including phenoxy) is 3. The molecule has 0 N–H and O–H groups in total. The summed E-state index contributed by atoms with van der Waals surface area (Å²) >= 11 is 0. The number of carbonyl (C=O) groups excluding carboxylic acids is 3. The molecule has 4 aliphatic carbocycles. The summed E-state index contributed by atoms with van der Waals surface area (Å²) in [5, 5.41) is 1.97. The number of esters is 3. The summed E-state index contributed by atoms with van der Waals surface area (Å²) in [6.45, 7) is 25.6. The zero-order chi connectivity index (χ0) is 43.9. The minimum atomic E-state index is -2.98. The summed E-state index contributed by atoms with van der Waals surface area (Å²) in [5.74, 6) is 1.80. The average molecular weight is 843 g/mol. The van der Waals surface area contributed by atoms with Crippen LogP contribution in [0.25, 0.3) is 0 Å². The minimum Gasteiger partial charge on any atom is -0.462 e. The second-order valence-corrected chi connectivity index (χ2v) is 27.3. The van der Waals surface area contributed by atoms with Crippen molar-refractivity contribution in [2.75, 3.05) is 6.61 Å². The van der Waals surface area contributed by atoms with Gasteiger partial charge in [-0.3, -0.25) is 14.4 Å². The van der Waals surface area contributed by atoms with E-state index in [1.807, 2.05) is 53.7 Å². The van der Waals surface area contributed by atoms with Crippen molar-refractivity contribution in [3.05, 3.63) is 60.7 Å². The van der Waals surface area contributed by atoms with Gasteiger partial charge in [-0.05, 0) is 161 Å². The number of fused-ring (bicyclic) bond motifs is 5. The zero-order valence-electron chi connectivity index (χ0n) is 39.2. The summed E-state index contributed by atoms with van der Waals surface area (Å²) in [7, 11) is -2.98. The highest BCUT2D eigenvalue weighted by atomic mass is 28.4. The maximum atomic E-state index is 14.5. The second kappa shape index (κ2) is 17.7. The Bertz CT molecular complexity index is 1750. The maximum Gasteiger partial charge on any atom is 0.312 e. The van der Waals surface area contributed by atoms with E-state index in [9.17, 15) is 14.4 Å². The molecule has 0 heterocycles. The Morgan fingerprint density at radius 3 is 1.77 bits per heavy atom. The van der Waals surface area contributed by atoms with Crippen molar-refractivity contribution < 1.29 is 33.0 Å². The number of rotatable bonds is 12. The average Bonchev–Trinajstić information content (AvgIpc) is 3.51. The first kappa shape index (κ1) is 46.5. The molecular formula is C52H78O7Si. The van der Waals surface area contributed by atoms with Gasteiger partial charge < -0.3 is 18.6 Å². The molecule has 0 aliphatic heterocycles. The van der Waals surface area contributed by atoms with Crippen LogP contribution in [0.5, 0.6) is 0 Å². The molecule has 0 aromatic heterocycles. The molecule has 0 saturated heterocycles. The minimum absolute atomic E-state index is 0.0656. The Hall–Kier alpha value is -2.97. The van der Waals surface area contributed by atoms with E-state index in [2.05, 4.69) is 90.1 Å². The largest absolute Gasteiger partial charge is 0.462 e. The summed E-state index contributed by atoms with van der Waals surface area (Å²) in [6, 6.07) is 20.8. The predicted molar refractivity (Wildman–Crippen MR) is 242 cm³/mol. The molecule has 10 atom stereocenters. The first-order valence-corrected chi connectivity index (χ1v) is 25.3. The van der Waals surface area contributed by atoms with Gasteiger partial charge in [-0.25, -0.2) is 0 Å². The van der Waals surface area contributed by atoms with E-state index in [1.165, 1.54) is 32.1 Å². The molecule has 0 bridgehead atoms. The van der Waals surface area contributed by atoms with E-state index in [4.69, 9.17) is 18.6 Å². The molecule has 4 aliphatic rings. The van der Waals surface area contributed by atoms with Gasteiger partial charge in [-0.1, -0.05) is 102 Å². The third-order valence-corrected chi connectivity index (χ3v) is 20.7. The quantitative estimate of drug-likeness (QED) is 0.119. The number of benzene rings is 2. The molecule has 2 aromatic carbocycles. The van der Waals surface area contributed by atoms with Gasteiger partial charge in [0, 0.05) is 13.0 Å². The first-order valence-electron chi connectivity index (χ1n) is 23.4. The van der Waals surface area contributed by atoms with Crippen LogP contribution in [-0.2, 0) is 33.0 Å². The zero-order valence-corrected chi connectivity index (χ0v) is 40.2. The van der Waals surface area contributed by atoms with E-state index in [1.54, 1.807) is 0 Å². The van der Waals surface area contributed by atoms with Crippen LogP contribution >= 0.6 is 0 Å². The van der Waals surface area contributed by atoms with Crippen molar-refractivity contribution >= 4 is 36.6 Å². The SMILES string of the molecule is C[C@H](CC(=O)OC(C)(C)C)C1CCC2C3CCC4C[C@H](OC(=O)[C@H](CO[Si](c5ccccc5)(c5ccccc5)C(C)(C)C)CC(=O)OC(C)(C)C)CC[C@]4(C)C3CC[C@@]21C. The summed E-state index contributed by atoms with van der Waals surface area (Å²) in [5.41, 5.74) is -0.649. The molecule has 6 rings (SSSR count). The molecule has 0 radical (unpaired) electrons. The van der Waals surface area contributed by atoms with E-state index in [-0.39, 0.29) is 46.9 Å². The maximum absolute atomic E-state index is 14.5. The highest BCUT2D eigenvalue weighted by Gasteiger charge is 2.61. The van der Waals surface area contributed by atoms with Gasteiger partial charge in [0.05, 0.1) is 12.3 Å². The molecule has 5 unspecified atom stereocenters. The van der Waals surface area contributed by atoms with Crippen molar-refractivity contribution in [2.45, 2.75) is 176 Å². The van der Waals surface area contributed by atoms with Gasteiger partial charge in [0.2, 0.25) is 0 Å². The van der Waals surface area contributed by atoms with E-state index in [0.717, 1.165) is 36.1 Å². The second-order valence-electron chi connectivity index (χ2n) is 22.9. The van der Waals surface area contributed by atoms with Crippen molar-refractivity contribution in [2.24, 2.45) is 52.3 Å². The Labute approximate surface area is 364 Å². The fraction of sp³-hybridized carbons (Fsp3) is 0.712. The molecule has 0 spiro atoms. The fourth-order valence-corrected chi connectivity index (χ4v) is 17.7. The van der Waals surface area contributed by atoms with Gasteiger partial charge in [0.15, 0.2) is 0 Å². The molecule has 7 nitrogen and oxygen atoms in total. The van der Waals surface area contributed by atoms with Crippen molar-refractivity contribution in [3.63, 3.8) is 0 Å². The lowest BCUT2D eigenvalue weighted by atomic mass is 9.44. The number of hydrogen-bond donors (Lipinski definition) is 0. The van der Waals surface area contributed by atoms with Crippen LogP contribution in [0, 0.1) is 52.3 Å². The molecule has 8 heteroatoms. The van der Waals surface area contributed by atoms with Gasteiger partial charge in [-0.15, -0.1) is 0 Å². The van der Waals surface area contributed by atoms with E-state index < -0.39 is 31.4 Å². The molecule has 4 fully saturated rings. The van der Waals surface area contributed by atoms with Crippen LogP contribution < -0.4 is 10.4 Å². The van der Waals surface area contributed by atoms with Gasteiger partial charge in [0.25, 0.3) is 8.32 Å². The Balaban J connectivity index is 1.16. The molecule has 332 valence electrons. The number of carbonyl (C=O) groups is 3. The Morgan fingerprint density at radius 2 is 1.22 bits per heavy atom. The van der Waals surface area contributed by atoms with Gasteiger partial charge in [-0.2, -0.15) is 0 Å². The van der Waals surface area contributed by atoms with Crippen molar-refractivity contribution in [1.29, 1.82) is 0 Å². The highest BCUT2D eigenvalue weighted by molar-refractivity contribution is 6.99. The van der Waals surface area contributed by atoms with Gasteiger partial charge in [0.1, 0.15) is 17.3 Å². The van der Waals surface area contributed by atoms with E-state index >= 15 is 0 Å². The lowest BCUT2D eigenvalue weighted by Crippen LogP contribution is -2.67. The van der Waals surface area contributed by atoms with E-state index in [0.29, 0.717) is 41.9 Å². The predicted octanol–water partition coefficient (Wildman–Crippen LogP) is 10.8. The fourth-order valence-electron chi connectivity index (χ4n) is 13.1. The van der Waals surface area contributed by atoms with Crippen molar-refractivity contribution in [1.82, 2.24) is 0 Å². The Kier molecular flexibility index (Phi) is 13.7. The third kappa shape index (κ3) is 9.80. The van der Waals surface area contributed by atoms with Crippen LogP contribution in [0.15, 0.2) is 60.7 Å². The Morgan fingerprint density at radius 1 is 0.683 bits per heavy atom. The van der Waals surface area contributed by atoms with Crippen LogP contribution in [-0.4, -0.2) is 50.1 Å². The molecule has 4 saturated carbocycles. The lowest BCUT2D eigenvalue weighted by molar-refractivity contribution is -0.172. The van der Waals surface area contributed by atoms with Gasteiger partial charge >= 0.3 is 17.9 Å². The standard InChI is InChI=1S/C52H78O7Si/c1-35(31-45(53)58-48(2,3)4)42-25-26-43-41-24-23-37-33-38(27-29-51(37,11)44(41)28-30-52(42,43)12)57-47(55)36(32-46(54)59-49(5,6)7)34-56-60(50(8,9)10,39-19-15-13-16-20-39)40-21-17-14-18-22-40/h13-22,35-38,41-44H,23-34H2,1-12H3/t35-,36+,37?,38-,41?,42?,43?,44?,51+,52-/m1/s1.